The third kappa shape index (κ3) is 6.01. The highest BCUT2D eigenvalue weighted by molar-refractivity contribution is 5.81. The summed E-state index contributed by atoms with van der Waals surface area (Å²) in [5.74, 6) is 1.37. The van der Waals surface area contributed by atoms with E-state index in [4.69, 9.17) is 0 Å². The first-order valence-electron chi connectivity index (χ1n) is 13.2. The number of likely N-dealkylation sites (tertiary alicyclic amines) is 1. The predicted octanol–water partition coefficient (Wildman–Crippen LogP) is 4.79. The third-order valence-corrected chi connectivity index (χ3v) is 7.68. The van der Waals surface area contributed by atoms with E-state index >= 15 is 0 Å². The van der Waals surface area contributed by atoms with Crippen molar-refractivity contribution < 1.29 is 10.2 Å². The Morgan fingerprint density at radius 3 is 2.71 bits per heavy atom. The molecule has 2 heterocycles. The average Bonchev–Trinajstić information content (AvgIpc) is 3.23. The minimum Gasteiger partial charge on any atom is -0.390 e. The highest BCUT2D eigenvalue weighted by Crippen LogP contribution is 2.34. The van der Waals surface area contributed by atoms with Crippen molar-refractivity contribution >= 4 is 10.9 Å². The monoisotopic (exact) mass is 465 g/mol. The molecule has 1 aliphatic heterocycles. The van der Waals surface area contributed by atoms with Gasteiger partial charge in [-0.1, -0.05) is 43.7 Å². The molecular weight excluding hydrogens is 422 g/mol. The van der Waals surface area contributed by atoms with Gasteiger partial charge in [0.2, 0.25) is 0 Å². The lowest BCUT2D eigenvalue weighted by molar-refractivity contribution is -0.113. The second-order valence-electron chi connectivity index (χ2n) is 10.6. The van der Waals surface area contributed by atoms with Crippen molar-refractivity contribution in [1.29, 1.82) is 0 Å². The van der Waals surface area contributed by atoms with E-state index in [0.29, 0.717) is 24.9 Å². The molecule has 0 saturated carbocycles. The van der Waals surface area contributed by atoms with Crippen LogP contribution in [0.4, 0.5) is 0 Å². The van der Waals surface area contributed by atoms with Gasteiger partial charge in [-0.2, -0.15) is 0 Å². The van der Waals surface area contributed by atoms with E-state index in [1.807, 2.05) is 19.2 Å². The number of hydrogen-bond acceptors (Lipinski definition) is 4. The zero-order valence-corrected chi connectivity index (χ0v) is 21.2. The second-order valence-corrected chi connectivity index (χ2v) is 10.6. The molecule has 2 aromatic rings. The highest BCUT2D eigenvalue weighted by atomic mass is 16.3. The first-order valence-corrected chi connectivity index (χ1v) is 13.2. The average molecular weight is 466 g/mol. The van der Waals surface area contributed by atoms with Gasteiger partial charge in [0.05, 0.1) is 6.10 Å². The largest absolute Gasteiger partial charge is 0.390 e. The predicted molar refractivity (Wildman–Crippen MR) is 141 cm³/mol. The van der Waals surface area contributed by atoms with Gasteiger partial charge in [-0.25, -0.2) is 0 Å². The Bertz CT molecular complexity index is 998. The fourth-order valence-corrected chi connectivity index (χ4v) is 5.40. The molecule has 1 saturated heterocycles. The maximum absolute atomic E-state index is 11.5. The van der Waals surface area contributed by atoms with Crippen LogP contribution in [-0.4, -0.2) is 52.0 Å². The van der Waals surface area contributed by atoms with E-state index in [-0.39, 0.29) is 0 Å². The van der Waals surface area contributed by atoms with Crippen LogP contribution >= 0.6 is 0 Å². The molecule has 0 bridgehead atoms. The van der Waals surface area contributed by atoms with Crippen LogP contribution in [0.3, 0.4) is 0 Å². The smallest absolute Gasteiger partial charge is 0.141 e. The maximum Gasteiger partial charge on any atom is 0.141 e. The number of aliphatic hydroxyl groups excluding tert-OH is 1. The Morgan fingerprint density at radius 2 is 2.00 bits per heavy atom. The molecule has 0 radical (unpaired) electrons. The maximum atomic E-state index is 11.5. The Hall–Kier alpha value is -1.92. The lowest BCUT2D eigenvalue weighted by atomic mass is 9.86. The summed E-state index contributed by atoms with van der Waals surface area (Å²) in [5.41, 5.74) is 2.54. The molecule has 3 unspecified atom stereocenters. The number of rotatable bonds is 10. The van der Waals surface area contributed by atoms with Crippen LogP contribution < -0.4 is 5.32 Å². The summed E-state index contributed by atoms with van der Waals surface area (Å²) in [6.07, 6.45) is 14.3. The number of allylic oxidation sites excluding steroid dienone is 4. The molecule has 186 valence electrons. The van der Waals surface area contributed by atoms with Crippen LogP contribution in [0, 0.1) is 11.8 Å². The Kier molecular flexibility index (Phi) is 8.30. The van der Waals surface area contributed by atoms with Crippen molar-refractivity contribution in [2.75, 3.05) is 26.2 Å². The molecular formula is C29H43N3O2. The molecule has 1 aromatic heterocycles. The van der Waals surface area contributed by atoms with Crippen molar-refractivity contribution in [1.82, 2.24) is 14.8 Å². The molecule has 34 heavy (non-hydrogen) atoms. The van der Waals surface area contributed by atoms with Gasteiger partial charge < -0.3 is 20.1 Å². The number of fused-ring (bicyclic) bond motifs is 1. The highest BCUT2D eigenvalue weighted by Gasteiger charge is 2.34. The fraction of sp³-hybridized carbons (Fsp3) is 0.586. The van der Waals surface area contributed by atoms with Gasteiger partial charge >= 0.3 is 0 Å². The van der Waals surface area contributed by atoms with Gasteiger partial charge in [0.1, 0.15) is 5.72 Å². The van der Waals surface area contributed by atoms with Crippen LogP contribution in [0.15, 0.2) is 54.3 Å². The van der Waals surface area contributed by atoms with Crippen LogP contribution in [0.2, 0.25) is 0 Å². The molecule has 3 atom stereocenters. The number of piperidine rings is 1. The van der Waals surface area contributed by atoms with E-state index in [2.05, 4.69) is 65.1 Å². The molecule has 5 heteroatoms. The zero-order chi connectivity index (χ0) is 24.1. The Balaban J connectivity index is 1.36. The quantitative estimate of drug-likeness (QED) is 0.442. The molecule has 1 aliphatic carbocycles. The summed E-state index contributed by atoms with van der Waals surface area (Å²) < 4.78 is 2.10. The molecule has 0 spiro atoms. The first kappa shape index (κ1) is 25.2. The van der Waals surface area contributed by atoms with E-state index in [1.54, 1.807) is 0 Å². The van der Waals surface area contributed by atoms with Crippen molar-refractivity contribution in [2.24, 2.45) is 11.8 Å². The third-order valence-electron chi connectivity index (χ3n) is 7.68. The molecule has 2 aliphatic rings. The van der Waals surface area contributed by atoms with Crippen molar-refractivity contribution in [3.05, 3.63) is 59.8 Å². The van der Waals surface area contributed by atoms with Crippen molar-refractivity contribution in [2.45, 2.75) is 71.2 Å². The number of nitrogens with one attached hydrogen (secondary N) is 1. The normalized spacial score (nSPS) is 22.6. The van der Waals surface area contributed by atoms with Crippen LogP contribution in [0.5, 0.6) is 0 Å². The molecule has 5 nitrogen and oxygen atoms in total. The minimum absolute atomic E-state index is 0.422. The fourth-order valence-electron chi connectivity index (χ4n) is 5.40. The van der Waals surface area contributed by atoms with E-state index in [9.17, 15) is 10.2 Å². The number of aromatic nitrogens is 1. The summed E-state index contributed by atoms with van der Waals surface area (Å²) in [7, 11) is 0. The summed E-state index contributed by atoms with van der Waals surface area (Å²) >= 11 is 0. The van der Waals surface area contributed by atoms with E-state index in [1.165, 1.54) is 12.0 Å². The minimum atomic E-state index is -0.982. The van der Waals surface area contributed by atoms with Gasteiger partial charge in [-0.05, 0) is 86.6 Å². The summed E-state index contributed by atoms with van der Waals surface area (Å²) in [6.45, 7) is 10.3. The van der Waals surface area contributed by atoms with Gasteiger partial charge in [0, 0.05) is 37.9 Å². The number of aliphatic hydroxyl groups is 2. The lowest BCUT2D eigenvalue weighted by Crippen LogP contribution is -2.48. The molecule has 1 fully saturated rings. The number of hydrogen-bond donors (Lipinski definition) is 3. The van der Waals surface area contributed by atoms with Crippen LogP contribution in [-0.2, 0) is 12.3 Å². The summed E-state index contributed by atoms with van der Waals surface area (Å²) in [6, 6.07) is 8.32. The Morgan fingerprint density at radius 1 is 1.21 bits per heavy atom. The van der Waals surface area contributed by atoms with Gasteiger partial charge in [0.25, 0.3) is 0 Å². The van der Waals surface area contributed by atoms with Gasteiger partial charge in [-0.15, -0.1) is 0 Å². The topological polar surface area (TPSA) is 60.7 Å². The molecule has 4 rings (SSSR count). The number of benzene rings is 1. The summed E-state index contributed by atoms with van der Waals surface area (Å²) in [4.78, 5) is 2.23. The molecule has 1 aromatic carbocycles. The zero-order valence-electron chi connectivity index (χ0n) is 21.2. The summed E-state index contributed by atoms with van der Waals surface area (Å²) in [5, 5.41) is 26.3. The second kappa shape index (κ2) is 11.2. The standard InChI is InChI=1S/C29H43N3O2/c1-4-14-30-20-27(33)21-31-15-13-25-19-26(9-10-28(25)31)29(3,34)32-16-11-24(12-17-32)18-23-7-5-22(2)6-8-23/h5,7-10,13,15,19,22,24,27,30,33-34H,4,6,11-12,14,16-18,20-21H2,1-3H3. The molecule has 3 N–H and O–H groups in total. The Labute approximate surface area is 205 Å². The van der Waals surface area contributed by atoms with Crippen molar-refractivity contribution in [3.63, 3.8) is 0 Å². The first-order chi connectivity index (χ1) is 16.4. The van der Waals surface area contributed by atoms with Gasteiger partial charge in [0.15, 0.2) is 0 Å². The molecule has 0 amide bonds. The number of nitrogens with zero attached hydrogens (tertiary/aromatic N) is 2. The van der Waals surface area contributed by atoms with E-state index in [0.717, 1.165) is 61.8 Å². The van der Waals surface area contributed by atoms with Crippen LogP contribution in [0.25, 0.3) is 10.9 Å². The van der Waals surface area contributed by atoms with Crippen molar-refractivity contribution in [3.8, 4) is 0 Å². The van der Waals surface area contributed by atoms with Gasteiger partial charge in [-0.3, -0.25) is 4.90 Å². The SMILES string of the molecule is CCCNCC(O)Cn1ccc2cc(C(C)(O)N3CCC(CC4=CCC(C)C=C4)CC3)ccc21. The lowest BCUT2D eigenvalue weighted by Gasteiger charge is -2.42. The van der Waals surface area contributed by atoms with Crippen LogP contribution in [0.1, 0.15) is 58.4 Å². The van der Waals surface area contributed by atoms with E-state index < -0.39 is 11.8 Å².